The molecule has 0 radical (unpaired) electrons. The summed E-state index contributed by atoms with van der Waals surface area (Å²) in [5.41, 5.74) is 3.87. The van der Waals surface area contributed by atoms with Gasteiger partial charge in [-0.25, -0.2) is 0 Å². The zero-order chi connectivity index (χ0) is 18.9. The van der Waals surface area contributed by atoms with Gasteiger partial charge < -0.3 is 14.5 Å². The zero-order valence-electron chi connectivity index (χ0n) is 15.5. The Morgan fingerprint density at radius 1 is 0.897 bits per heavy atom. The largest absolute Gasteiger partial charge is 0.504 e. The summed E-state index contributed by atoms with van der Waals surface area (Å²) in [6, 6.07) is 24.1. The van der Waals surface area contributed by atoms with Crippen molar-refractivity contribution in [2.24, 2.45) is 0 Å². The molecule has 5 rings (SSSR count). The van der Waals surface area contributed by atoms with Crippen LogP contribution in [0.15, 0.2) is 73.2 Å². The van der Waals surface area contributed by atoms with Crippen molar-refractivity contribution < 1.29 is 25.8 Å². The molecule has 0 fully saturated rings. The molecule has 3 heterocycles. The standard InChI is InChI=1S/C22H16N5O.Pt/c1-25-16-26(21-9-3-2-8-20(21)25)17-10-12-23-22(15-17)28-19-7-4-6-18(14-19)27-13-5-11-24-27;/h2-13,16H,1H3;/q-3;. The van der Waals surface area contributed by atoms with Crippen LogP contribution in [-0.2, 0) is 21.1 Å². The summed E-state index contributed by atoms with van der Waals surface area (Å²) in [6.45, 7) is 2.02. The fourth-order valence-corrected chi connectivity index (χ4v) is 3.15. The van der Waals surface area contributed by atoms with Gasteiger partial charge in [-0.2, -0.15) is 35.7 Å². The monoisotopic (exact) mass is 561 g/mol. The number of ether oxygens (including phenoxy) is 1. The molecule has 0 atom stereocenters. The minimum Gasteiger partial charge on any atom is -0.504 e. The second-order valence-corrected chi connectivity index (χ2v) is 6.30. The first kappa shape index (κ1) is 19.2. The van der Waals surface area contributed by atoms with Crippen LogP contribution in [0.3, 0.4) is 0 Å². The van der Waals surface area contributed by atoms with Gasteiger partial charge in [-0.1, -0.05) is 12.1 Å². The van der Waals surface area contributed by atoms with Crippen LogP contribution in [0.25, 0.3) is 5.69 Å². The van der Waals surface area contributed by atoms with Crippen molar-refractivity contribution >= 4 is 17.1 Å². The van der Waals surface area contributed by atoms with E-state index in [0.29, 0.717) is 11.6 Å². The Morgan fingerprint density at radius 3 is 2.59 bits per heavy atom. The molecule has 148 valence electrons. The third-order valence-electron chi connectivity index (χ3n) is 4.44. The Labute approximate surface area is 183 Å². The minimum atomic E-state index is 0. The van der Waals surface area contributed by atoms with Crippen LogP contribution in [0.5, 0.6) is 11.6 Å². The number of rotatable bonds is 4. The molecule has 0 saturated carbocycles. The Kier molecular flexibility index (Phi) is 5.36. The van der Waals surface area contributed by atoms with E-state index in [1.54, 1.807) is 17.1 Å². The van der Waals surface area contributed by atoms with Crippen molar-refractivity contribution in [3.8, 4) is 17.3 Å². The molecule has 2 aromatic carbocycles. The summed E-state index contributed by atoms with van der Waals surface area (Å²) in [6.07, 6.45) is 5.30. The van der Waals surface area contributed by atoms with Crippen LogP contribution in [0.2, 0.25) is 0 Å². The van der Waals surface area contributed by atoms with Crippen LogP contribution in [0.4, 0.5) is 17.1 Å². The Morgan fingerprint density at radius 2 is 1.76 bits per heavy atom. The second-order valence-electron chi connectivity index (χ2n) is 6.30. The van der Waals surface area contributed by atoms with Gasteiger partial charge in [0, 0.05) is 50.6 Å². The fraction of sp³-hybridized carbons (Fsp3) is 0.0455. The maximum absolute atomic E-state index is 5.91. The Bertz CT molecular complexity index is 1120. The molecule has 0 N–H and O–H groups in total. The average molecular weight is 561 g/mol. The van der Waals surface area contributed by atoms with Crippen molar-refractivity contribution in [2.45, 2.75) is 0 Å². The van der Waals surface area contributed by atoms with Gasteiger partial charge in [0.1, 0.15) is 5.88 Å². The van der Waals surface area contributed by atoms with Gasteiger partial charge in [0.15, 0.2) is 0 Å². The van der Waals surface area contributed by atoms with Crippen molar-refractivity contribution in [1.29, 1.82) is 0 Å². The summed E-state index contributed by atoms with van der Waals surface area (Å²) in [7, 11) is 2.02. The van der Waals surface area contributed by atoms with E-state index >= 15 is 0 Å². The number of anilines is 3. The minimum absolute atomic E-state index is 0. The quantitative estimate of drug-likeness (QED) is 0.347. The van der Waals surface area contributed by atoms with Gasteiger partial charge in [-0.3, -0.25) is 9.67 Å². The summed E-state index contributed by atoms with van der Waals surface area (Å²) in [5, 5.41) is 4.22. The maximum Gasteiger partial charge on any atom is 0.123 e. The summed E-state index contributed by atoms with van der Waals surface area (Å²) >= 11 is 0. The van der Waals surface area contributed by atoms with Crippen LogP contribution in [0.1, 0.15) is 0 Å². The Balaban J connectivity index is 0.00000205. The number of fused-ring (bicyclic) bond motifs is 1. The number of aromatic nitrogens is 3. The molecule has 1 aliphatic rings. The second kappa shape index (κ2) is 8.09. The molecule has 29 heavy (non-hydrogen) atoms. The summed E-state index contributed by atoms with van der Waals surface area (Å²) in [5.74, 6) is 0.934. The zero-order valence-corrected chi connectivity index (χ0v) is 17.7. The molecular weight excluding hydrogens is 545 g/mol. The molecule has 6 nitrogen and oxygen atoms in total. The maximum atomic E-state index is 5.91. The number of hydrogen-bond donors (Lipinski definition) is 0. The van der Waals surface area contributed by atoms with E-state index in [-0.39, 0.29) is 21.1 Å². The van der Waals surface area contributed by atoms with Crippen LogP contribution in [-0.4, -0.2) is 21.8 Å². The number of hydrogen-bond acceptors (Lipinski definition) is 5. The molecule has 0 saturated heterocycles. The fourth-order valence-electron chi connectivity index (χ4n) is 3.15. The molecule has 0 bridgehead atoms. The van der Waals surface area contributed by atoms with Crippen LogP contribution >= 0.6 is 0 Å². The summed E-state index contributed by atoms with van der Waals surface area (Å²) in [4.78, 5) is 8.44. The molecule has 7 heteroatoms. The van der Waals surface area contributed by atoms with Gasteiger partial charge in [0.2, 0.25) is 0 Å². The van der Waals surface area contributed by atoms with E-state index in [0.717, 1.165) is 22.7 Å². The van der Waals surface area contributed by atoms with Crippen molar-refractivity contribution in [3.63, 3.8) is 0 Å². The average Bonchev–Trinajstić information content (AvgIpc) is 3.38. The number of nitrogens with zero attached hydrogens (tertiary/aromatic N) is 5. The van der Waals surface area contributed by atoms with E-state index in [2.05, 4.69) is 44.1 Å². The number of benzene rings is 2. The third kappa shape index (κ3) is 3.76. The van der Waals surface area contributed by atoms with E-state index in [1.807, 2.05) is 62.4 Å². The molecule has 2 aromatic heterocycles. The first-order valence-electron chi connectivity index (χ1n) is 8.82. The summed E-state index contributed by atoms with van der Waals surface area (Å²) < 4.78 is 7.64. The number of para-hydroxylation sites is 2. The smallest absolute Gasteiger partial charge is 0.123 e. The van der Waals surface area contributed by atoms with Crippen LogP contribution < -0.4 is 14.5 Å². The van der Waals surface area contributed by atoms with Gasteiger partial charge >= 0.3 is 0 Å². The third-order valence-corrected chi connectivity index (χ3v) is 4.44. The van der Waals surface area contributed by atoms with Crippen LogP contribution in [0, 0.1) is 18.8 Å². The predicted molar refractivity (Wildman–Crippen MR) is 107 cm³/mol. The number of pyridine rings is 1. The molecule has 1 aliphatic heterocycles. The van der Waals surface area contributed by atoms with Gasteiger partial charge in [-0.05, 0) is 37.1 Å². The van der Waals surface area contributed by atoms with Gasteiger partial charge in [-0.15, -0.1) is 18.2 Å². The molecule has 4 aromatic rings. The van der Waals surface area contributed by atoms with Crippen molar-refractivity contribution in [3.05, 3.63) is 92.0 Å². The first-order chi connectivity index (χ1) is 13.8. The first-order valence-corrected chi connectivity index (χ1v) is 8.82. The molecule has 0 spiro atoms. The molecular formula is C22H16N5OPt-3. The van der Waals surface area contributed by atoms with E-state index < -0.39 is 0 Å². The predicted octanol–water partition coefficient (Wildman–Crippen LogP) is 4.36. The normalized spacial score (nSPS) is 12.4. The van der Waals surface area contributed by atoms with Crippen molar-refractivity contribution in [1.82, 2.24) is 14.8 Å². The van der Waals surface area contributed by atoms with E-state index in [1.165, 1.54) is 0 Å². The van der Waals surface area contributed by atoms with E-state index in [9.17, 15) is 0 Å². The topological polar surface area (TPSA) is 46.4 Å². The molecule has 0 unspecified atom stereocenters. The van der Waals surface area contributed by atoms with E-state index in [4.69, 9.17) is 4.74 Å². The Hall–Kier alpha value is -3.11. The van der Waals surface area contributed by atoms with Gasteiger partial charge in [0.05, 0.1) is 0 Å². The molecule has 0 amide bonds. The van der Waals surface area contributed by atoms with Crippen molar-refractivity contribution in [2.75, 3.05) is 16.8 Å². The SMILES string of the molecule is CN1[CH-]N(c2[c-]c(Oc3[c-]c(-n4cccn4)ccc3)ncc2)c2ccccc21.[Pt]. The molecule has 0 aliphatic carbocycles. The van der Waals surface area contributed by atoms with Gasteiger partial charge in [0.25, 0.3) is 0 Å².